The maximum Gasteiger partial charge on any atom is 0.271 e. The van der Waals surface area contributed by atoms with Gasteiger partial charge in [0.1, 0.15) is 5.75 Å². The summed E-state index contributed by atoms with van der Waals surface area (Å²) in [5.41, 5.74) is 4.98. The molecule has 0 spiro atoms. The Labute approximate surface area is 146 Å². The topological polar surface area (TPSA) is 90.8 Å². The van der Waals surface area contributed by atoms with Gasteiger partial charge in [0.15, 0.2) is 0 Å². The van der Waals surface area contributed by atoms with E-state index >= 15 is 0 Å². The summed E-state index contributed by atoms with van der Waals surface area (Å²) < 4.78 is 0. The molecule has 0 bridgehead atoms. The number of hydrazone groups is 1. The van der Waals surface area contributed by atoms with Crippen LogP contribution in [0, 0.1) is 5.92 Å². The highest BCUT2D eigenvalue weighted by molar-refractivity contribution is 6.01. The molecule has 0 aliphatic carbocycles. The summed E-state index contributed by atoms with van der Waals surface area (Å²) in [4.78, 5) is 23.8. The second-order valence-electron chi connectivity index (χ2n) is 5.91. The first-order valence-electron chi connectivity index (χ1n) is 7.92. The van der Waals surface area contributed by atoms with Crippen LogP contribution in [0.5, 0.6) is 5.75 Å². The first-order chi connectivity index (χ1) is 11.9. The van der Waals surface area contributed by atoms with E-state index < -0.39 is 0 Å². The van der Waals surface area contributed by atoms with Crippen molar-refractivity contribution in [2.75, 3.05) is 5.32 Å². The van der Waals surface area contributed by atoms with Gasteiger partial charge in [0, 0.05) is 17.2 Å². The average molecular weight is 339 g/mol. The lowest BCUT2D eigenvalue weighted by molar-refractivity contribution is -0.118. The molecule has 2 amide bonds. The summed E-state index contributed by atoms with van der Waals surface area (Å²) in [5, 5.41) is 16.1. The third kappa shape index (κ3) is 5.17. The van der Waals surface area contributed by atoms with Gasteiger partial charge in [-0.3, -0.25) is 9.59 Å². The number of amides is 2. The zero-order valence-corrected chi connectivity index (χ0v) is 14.4. The largest absolute Gasteiger partial charge is 0.508 e. The SMILES string of the molecule is C/C(=N\NC(=O)c1ccc(NC(=O)C(C)C)cc1)c1ccc(O)cc1. The summed E-state index contributed by atoms with van der Waals surface area (Å²) in [6.07, 6.45) is 0. The Morgan fingerprint density at radius 3 is 2.08 bits per heavy atom. The van der Waals surface area contributed by atoms with Crippen molar-refractivity contribution in [3.63, 3.8) is 0 Å². The summed E-state index contributed by atoms with van der Waals surface area (Å²) >= 11 is 0. The Hall–Kier alpha value is -3.15. The molecule has 0 unspecified atom stereocenters. The Balaban J connectivity index is 1.99. The van der Waals surface area contributed by atoms with Gasteiger partial charge < -0.3 is 10.4 Å². The number of carbonyl (C=O) groups excluding carboxylic acids is 2. The maximum absolute atomic E-state index is 12.1. The lowest BCUT2D eigenvalue weighted by Gasteiger charge is -2.08. The zero-order chi connectivity index (χ0) is 18.4. The van der Waals surface area contributed by atoms with E-state index in [1.807, 2.05) is 13.8 Å². The molecular weight excluding hydrogens is 318 g/mol. The normalized spacial score (nSPS) is 11.3. The number of rotatable bonds is 5. The van der Waals surface area contributed by atoms with Crippen molar-refractivity contribution >= 4 is 23.2 Å². The fourth-order valence-corrected chi connectivity index (χ4v) is 1.96. The van der Waals surface area contributed by atoms with Gasteiger partial charge in [-0.2, -0.15) is 5.10 Å². The highest BCUT2D eigenvalue weighted by Gasteiger charge is 2.09. The number of hydrogen-bond donors (Lipinski definition) is 3. The second kappa shape index (κ2) is 8.10. The zero-order valence-electron chi connectivity index (χ0n) is 14.4. The van der Waals surface area contributed by atoms with Crippen LogP contribution >= 0.6 is 0 Å². The van der Waals surface area contributed by atoms with Gasteiger partial charge in [-0.25, -0.2) is 5.43 Å². The first kappa shape index (κ1) is 18.2. The van der Waals surface area contributed by atoms with Gasteiger partial charge in [0.2, 0.25) is 5.91 Å². The molecule has 0 radical (unpaired) electrons. The molecule has 2 aromatic carbocycles. The molecular formula is C19H21N3O3. The molecule has 0 aliphatic rings. The molecule has 0 aromatic heterocycles. The molecule has 0 aliphatic heterocycles. The third-order valence-corrected chi connectivity index (χ3v) is 3.55. The molecule has 3 N–H and O–H groups in total. The van der Waals surface area contributed by atoms with Crippen LogP contribution in [0.25, 0.3) is 0 Å². The number of anilines is 1. The maximum atomic E-state index is 12.1. The van der Waals surface area contributed by atoms with Gasteiger partial charge in [-0.15, -0.1) is 0 Å². The highest BCUT2D eigenvalue weighted by Crippen LogP contribution is 2.12. The minimum absolute atomic E-state index is 0.0775. The smallest absolute Gasteiger partial charge is 0.271 e. The van der Waals surface area contributed by atoms with E-state index in [0.29, 0.717) is 17.0 Å². The van der Waals surface area contributed by atoms with Gasteiger partial charge >= 0.3 is 0 Å². The van der Waals surface area contributed by atoms with Crippen LogP contribution in [0.1, 0.15) is 36.7 Å². The number of nitrogens with one attached hydrogen (secondary N) is 2. The van der Waals surface area contributed by atoms with Gasteiger partial charge in [0.25, 0.3) is 5.91 Å². The van der Waals surface area contributed by atoms with E-state index in [9.17, 15) is 14.7 Å². The molecule has 2 rings (SSSR count). The van der Waals surface area contributed by atoms with Crippen molar-refractivity contribution in [3.05, 3.63) is 59.7 Å². The number of nitrogens with zero attached hydrogens (tertiary/aromatic N) is 1. The number of hydrogen-bond acceptors (Lipinski definition) is 4. The number of benzene rings is 2. The lowest BCUT2D eigenvalue weighted by Crippen LogP contribution is -2.20. The Morgan fingerprint density at radius 2 is 1.52 bits per heavy atom. The lowest BCUT2D eigenvalue weighted by atomic mass is 10.1. The molecule has 0 heterocycles. The number of phenolic OH excluding ortho intramolecular Hbond substituents is 1. The fourth-order valence-electron chi connectivity index (χ4n) is 1.96. The molecule has 6 nitrogen and oxygen atoms in total. The fraction of sp³-hybridized carbons (Fsp3) is 0.211. The van der Waals surface area contributed by atoms with Crippen molar-refractivity contribution in [1.82, 2.24) is 5.43 Å². The summed E-state index contributed by atoms with van der Waals surface area (Å²) in [5.74, 6) is -0.364. The Morgan fingerprint density at radius 1 is 0.960 bits per heavy atom. The summed E-state index contributed by atoms with van der Waals surface area (Å²) in [7, 11) is 0. The molecule has 0 saturated heterocycles. The molecule has 0 fully saturated rings. The number of phenols is 1. The summed E-state index contributed by atoms with van der Waals surface area (Å²) in [6.45, 7) is 5.38. The van der Waals surface area contributed by atoms with Gasteiger partial charge in [-0.05, 0) is 61.0 Å². The molecule has 6 heteroatoms. The minimum atomic E-state index is -0.347. The predicted molar refractivity (Wildman–Crippen MR) is 97.7 cm³/mol. The molecule has 0 atom stereocenters. The van der Waals surface area contributed by atoms with Crippen LogP contribution in [-0.2, 0) is 4.79 Å². The number of carbonyl (C=O) groups is 2. The third-order valence-electron chi connectivity index (χ3n) is 3.55. The van der Waals surface area contributed by atoms with Gasteiger partial charge in [-0.1, -0.05) is 13.8 Å². The van der Waals surface area contributed by atoms with E-state index in [1.54, 1.807) is 55.5 Å². The number of aromatic hydroxyl groups is 1. The standard InChI is InChI=1S/C19H21N3O3/c1-12(2)18(24)20-16-8-4-15(5-9-16)19(25)22-21-13(3)14-6-10-17(23)11-7-14/h4-12,23H,1-3H3,(H,20,24)(H,22,25)/b21-13+. The van der Waals surface area contributed by atoms with E-state index in [-0.39, 0.29) is 23.5 Å². The first-order valence-corrected chi connectivity index (χ1v) is 7.92. The predicted octanol–water partition coefficient (Wildman–Crippen LogP) is 3.14. The molecule has 25 heavy (non-hydrogen) atoms. The van der Waals surface area contributed by atoms with E-state index in [2.05, 4.69) is 15.8 Å². The Kier molecular flexibility index (Phi) is 5.89. The second-order valence-corrected chi connectivity index (χ2v) is 5.91. The van der Waals surface area contributed by atoms with Crippen LogP contribution in [-0.4, -0.2) is 22.6 Å². The van der Waals surface area contributed by atoms with Crippen molar-refractivity contribution in [2.45, 2.75) is 20.8 Å². The molecule has 130 valence electrons. The van der Waals surface area contributed by atoms with Crippen LogP contribution in [0.3, 0.4) is 0 Å². The minimum Gasteiger partial charge on any atom is -0.508 e. The van der Waals surface area contributed by atoms with Crippen LogP contribution in [0.15, 0.2) is 53.6 Å². The average Bonchev–Trinajstić information content (AvgIpc) is 2.60. The highest BCUT2D eigenvalue weighted by atomic mass is 16.3. The van der Waals surface area contributed by atoms with Crippen LogP contribution in [0.4, 0.5) is 5.69 Å². The molecule has 2 aromatic rings. The van der Waals surface area contributed by atoms with E-state index in [0.717, 1.165) is 5.56 Å². The van der Waals surface area contributed by atoms with Crippen LogP contribution < -0.4 is 10.7 Å². The van der Waals surface area contributed by atoms with E-state index in [1.165, 1.54) is 0 Å². The van der Waals surface area contributed by atoms with Gasteiger partial charge in [0.05, 0.1) is 5.71 Å². The quantitative estimate of drug-likeness (QED) is 0.577. The molecule has 0 saturated carbocycles. The van der Waals surface area contributed by atoms with Crippen molar-refractivity contribution in [3.8, 4) is 5.75 Å². The van der Waals surface area contributed by atoms with E-state index in [4.69, 9.17) is 0 Å². The van der Waals surface area contributed by atoms with Crippen LogP contribution in [0.2, 0.25) is 0 Å². The van der Waals surface area contributed by atoms with Crippen molar-refractivity contribution in [1.29, 1.82) is 0 Å². The van der Waals surface area contributed by atoms with Crippen molar-refractivity contribution < 1.29 is 14.7 Å². The monoisotopic (exact) mass is 339 g/mol. The van der Waals surface area contributed by atoms with Crippen molar-refractivity contribution in [2.24, 2.45) is 11.0 Å². The summed E-state index contributed by atoms with van der Waals surface area (Å²) in [6, 6.07) is 13.1. The Bertz CT molecular complexity index is 779.